The van der Waals surface area contributed by atoms with Gasteiger partial charge in [0.05, 0.1) is 0 Å². The molecule has 0 aliphatic carbocycles. The molecular formula is C24H35N. The Morgan fingerprint density at radius 2 is 1.20 bits per heavy atom. The number of hydrogen-bond donors (Lipinski definition) is 1. The molecule has 1 N–H and O–H groups in total. The molecule has 136 valence electrons. The van der Waals surface area contributed by atoms with Crippen LogP contribution in [0, 0.1) is 5.92 Å². The first-order chi connectivity index (χ1) is 11.6. The minimum atomic E-state index is 0.196. The zero-order valence-corrected chi connectivity index (χ0v) is 17.1. The molecule has 0 aliphatic rings. The minimum Gasteiger partial charge on any atom is -0.356 e. The van der Waals surface area contributed by atoms with Crippen LogP contribution in [-0.2, 0) is 10.8 Å². The molecule has 25 heavy (non-hydrogen) atoms. The number of nitrogens with one attached hydrogen (secondary N) is 1. The van der Waals surface area contributed by atoms with Gasteiger partial charge in [-0.15, -0.1) is 0 Å². The molecule has 1 unspecified atom stereocenters. The van der Waals surface area contributed by atoms with E-state index in [1.54, 1.807) is 0 Å². The van der Waals surface area contributed by atoms with E-state index in [4.69, 9.17) is 0 Å². The fourth-order valence-corrected chi connectivity index (χ4v) is 3.36. The number of benzene rings is 2. The largest absolute Gasteiger partial charge is 0.356 e. The smallest absolute Gasteiger partial charge is 0.0384 e. The molecule has 0 bridgehead atoms. The van der Waals surface area contributed by atoms with Crippen molar-refractivity contribution < 1.29 is 0 Å². The molecule has 0 spiro atoms. The fraction of sp³-hybridized carbons (Fsp3) is 0.500. The molecule has 0 saturated heterocycles. The Morgan fingerprint density at radius 3 is 1.60 bits per heavy atom. The van der Waals surface area contributed by atoms with Gasteiger partial charge < -0.3 is 5.32 Å². The third-order valence-electron chi connectivity index (χ3n) is 5.26. The fourth-order valence-electron chi connectivity index (χ4n) is 3.36. The first kappa shape index (κ1) is 19.6. The van der Waals surface area contributed by atoms with E-state index >= 15 is 0 Å². The van der Waals surface area contributed by atoms with Crippen molar-refractivity contribution in [3.8, 4) is 0 Å². The predicted octanol–water partition coefficient (Wildman–Crippen LogP) is 7.44. The van der Waals surface area contributed by atoms with E-state index in [-0.39, 0.29) is 10.8 Å². The number of anilines is 2. The molecule has 0 aromatic heterocycles. The van der Waals surface area contributed by atoms with Crippen molar-refractivity contribution in [1.82, 2.24) is 0 Å². The summed E-state index contributed by atoms with van der Waals surface area (Å²) in [5.74, 6) is 0.758. The molecular weight excluding hydrogens is 302 g/mol. The van der Waals surface area contributed by atoms with Crippen LogP contribution >= 0.6 is 0 Å². The average molecular weight is 338 g/mol. The van der Waals surface area contributed by atoms with Gasteiger partial charge in [0.25, 0.3) is 0 Å². The Kier molecular flexibility index (Phi) is 5.98. The Balaban J connectivity index is 2.07. The summed E-state index contributed by atoms with van der Waals surface area (Å²) in [5, 5.41) is 3.51. The maximum atomic E-state index is 3.51. The van der Waals surface area contributed by atoms with Crippen LogP contribution in [0.2, 0.25) is 0 Å². The molecule has 0 saturated carbocycles. The Morgan fingerprint density at radius 1 is 0.760 bits per heavy atom. The highest BCUT2D eigenvalue weighted by atomic mass is 14.9. The topological polar surface area (TPSA) is 12.0 Å². The van der Waals surface area contributed by atoms with Gasteiger partial charge in [0.15, 0.2) is 0 Å². The molecule has 1 atom stereocenters. The van der Waals surface area contributed by atoms with E-state index in [2.05, 4.69) is 102 Å². The first-order valence-electron chi connectivity index (χ1n) is 9.60. The molecule has 2 aromatic rings. The summed E-state index contributed by atoms with van der Waals surface area (Å²) in [7, 11) is 0. The Labute approximate surface area is 154 Å². The van der Waals surface area contributed by atoms with Crippen LogP contribution in [0.5, 0.6) is 0 Å². The standard InChI is InChI=1S/C24H35N/c1-8-18(2)17-24(6,7)20-11-15-22(16-12-20)25-21-13-9-19(10-14-21)23(3,4)5/h9-16,18,25H,8,17H2,1-7H3. The maximum absolute atomic E-state index is 3.51. The number of rotatable bonds is 6. The van der Waals surface area contributed by atoms with Gasteiger partial charge >= 0.3 is 0 Å². The van der Waals surface area contributed by atoms with Crippen LogP contribution in [0.25, 0.3) is 0 Å². The molecule has 2 aromatic carbocycles. The van der Waals surface area contributed by atoms with Gasteiger partial charge in [-0.2, -0.15) is 0 Å². The molecule has 1 heteroatoms. The van der Waals surface area contributed by atoms with Gasteiger partial charge in [0, 0.05) is 11.4 Å². The lowest BCUT2D eigenvalue weighted by atomic mass is 9.77. The highest BCUT2D eigenvalue weighted by Crippen LogP contribution is 2.32. The predicted molar refractivity (Wildman–Crippen MR) is 112 cm³/mol. The normalized spacial score (nSPS) is 13.6. The monoisotopic (exact) mass is 337 g/mol. The van der Waals surface area contributed by atoms with E-state index in [1.807, 2.05) is 0 Å². The van der Waals surface area contributed by atoms with Crippen LogP contribution < -0.4 is 5.32 Å². The van der Waals surface area contributed by atoms with Gasteiger partial charge in [-0.1, -0.05) is 79.2 Å². The van der Waals surface area contributed by atoms with Crippen molar-refractivity contribution in [1.29, 1.82) is 0 Å². The van der Waals surface area contributed by atoms with E-state index in [0.717, 1.165) is 17.3 Å². The summed E-state index contributed by atoms with van der Waals surface area (Å²) in [6.45, 7) is 16.1. The molecule has 0 fully saturated rings. The third kappa shape index (κ3) is 5.36. The lowest BCUT2D eigenvalue weighted by Crippen LogP contribution is -2.20. The molecule has 1 nitrogen and oxygen atoms in total. The maximum Gasteiger partial charge on any atom is 0.0384 e. The van der Waals surface area contributed by atoms with E-state index in [0.29, 0.717) is 0 Å². The van der Waals surface area contributed by atoms with Crippen LogP contribution in [0.4, 0.5) is 11.4 Å². The first-order valence-corrected chi connectivity index (χ1v) is 9.60. The average Bonchev–Trinajstić information content (AvgIpc) is 2.54. The van der Waals surface area contributed by atoms with Crippen LogP contribution in [0.3, 0.4) is 0 Å². The van der Waals surface area contributed by atoms with Crippen LogP contribution in [0.1, 0.15) is 72.4 Å². The molecule has 0 heterocycles. The van der Waals surface area contributed by atoms with Crippen LogP contribution in [-0.4, -0.2) is 0 Å². The molecule has 0 radical (unpaired) electrons. The van der Waals surface area contributed by atoms with Gasteiger partial charge in [-0.05, 0) is 58.6 Å². The lowest BCUT2D eigenvalue weighted by molar-refractivity contribution is 0.372. The third-order valence-corrected chi connectivity index (χ3v) is 5.26. The summed E-state index contributed by atoms with van der Waals surface area (Å²) in [6, 6.07) is 17.7. The van der Waals surface area contributed by atoms with Crippen molar-refractivity contribution >= 4 is 11.4 Å². The van der Waals surface area contributed by atoms with Gasteiger partial charge in [0.1, 0.15) is 0 Å². The molecule has 0 amide bonds. The summed E-state index contributed by atoms with van der Waals surface area (Å²) in [4.78, 5) is 0. The molecule has 0 aliphatic heterocycles. The summed E-state index contributed by atoms with van der Waals surface area (Å²) < 4.78 is 0. The van der Waals surface area contributed by atoms with Crippen molar-refractivity contribution in [2.75, 3.05) is 5.32 Å². The summed E-state index contributed by atoms with van der Waals surface area (Å²) in [5.41, 5.74) is 5.48. The highest BCUT2D eigenvalue weighted by molar-refractivity contribution is 5.60. The second kappa shape index (κ2) is 7.64. The zero-order chi connectivity index (χ0) is 18.7. The van der Waals surface area contributed by atoms with E-state index < -0.39 is 0 Å². The minimum absolute atomic E-state index is 0.196. The van der Waals surface area contributed by atoms with Crippen molar-refractivity contribution in [2.24, 2.45) is 5.92 Å². The Hall–Kier alpha value is -1.76. The van der Waals surface area contributed by atoms with Crippen molar-refractivity contribution in [3.05, 3.63) is 59.7 Å². The van der Waals surface area contributed by atoms with Gasteiger partial charge in [0.2, 0.25) is 0 Å². The highest BCUT2D eigenvalue weighted by Gasteiger charge is 2.22. The van der Waals surface area contributed by atoms with Gasteiger partial charge in [-0.25, -0.2) is 0 Å². The Bertz CT molecular complexity index is 657. The summed E-state index contributed by atoms with van der Waals surface area (Å²) >= 11 is 0. The van der Waals surface area contributed by atoms with Crippen LogP contribution in [0.15, 0.2) is 48.5 Å². The summed E-state index contributed by atoms with van der Waals surface area (Å²) in [6.07, 6.45) is 2.47. The van der Waals surface area contributed by atoms with Crippen molar-refractivity contribution in [3.63, 3.8) is 0 Å². The van der Waals surface area contributed by atoms with E-state index in [9.17, 15) is 0 Å². The lowest BCUT2D eigenvalue weighted by Gasteiger charge is -2.28. The zero-order valence-electron chi connectivity index (χ0n) is 17.1. The molecule has 2 rings (SSSR count). The number of hydrogen-bond acceptors (Lipinski definition) is 1. The second-order valence-electron chi connectivity index (χ2n) is 9.13. The van der Waals surface area contributed by atoms with Crippen molar-refractivity contribution in [2.45, 2.75) is 72.1 Å². The SMILES string of the molecule is CCC(C)CC(C)(C)c1ccc(Nc2ccc(C(C)(C)C)cc2)cc1. The second-order valence-corrected chi connectivity index (χ2v) is 9.13. The van der Waals surface area contributed by atoms with E-state index in [1.165, 1.54) is 24.0 Å². The van der Waals surface area contributed by atoms with Gasteiger partial charge in [-0.3, -0.25) is 0 Å². The quantitative estimate of drug-likeness (QED) is 0.577.